The summed E-state index contributed by atoms with van der Waals surface area (Å²) < 4.78 is 13.4. The van der Waals surface area contributed by atoms with Gasteiger partial charge in [0.25, 0.3) is 0 Å². The number of amides is 1. The van der Waals surface area contributed by atoms with Crippen LogP contribution in [0.25, 0.3) is 0 Å². The Morgan fingerprint density at radius 2 is 2.15 bits per heavy atom. The van der Waals surface area contributed by atoms with Crippen molar-refractivity contribution in [2.45, 2.75) is 77.5 Å². The minimum Gasteiger partial charge on any atom is -0.481 e. The molecule has 0 unspecified atom stereocenters. The highest BCUT2D eigenvalue weighted by atomic mass is 32.1. The van der Waals surface area contributed by atoms with E-state index in [-0.39, 0.29) is 29.5 Å². The molecule has 0 N–H and O–H groups in total. The first kappa shape index (κ1) is 20.0. The molecule has 27 heavy (non-hydrogen) atoms. The van der Waals surface area contributed by atoms with E-state index >= 15 is 0 Å². The van der Waals surface area contributed by atoms with Gasteiger partial charge in [0.05, 0.1) is 12.6 Å². The number of ether oxygens (including phenoxy) is 2. The highest BCUT2D eigenvalue weighted by molar-refractivity contribution is 7.09. The third-order valence-corrected chi connectivity index (χ3v) is 6.02. The van der Waals surface area contributed by atoms with E-state index in [2.05, 4.69) is 32.0 Å². The molecule has 1 aromatic heterocycles. The Morgan fingerprint density at radius 3 is 2.74 bits per heavy atom. The molecule has 3 rings (SSSR count). The van der Waals surface area contributed by atoms with Gasteiger partial charge in [0, 0.05) is 30.2 Å². The van der Waals surface area contributed by atoms with Crippen LogP contribution in [0.2, 0.25) is 0 Å². The van der Waals surface area contributed by atoms with Crippen LogP contribution in [0.3, 0.4) is 0 Å². The molecule has 0 saturated carbocycles. The molecule has 1 fully saturated rings. The molecule has 1 aromatic rings. The van der Waals surface area contributed by atoms with E-state index in [1.807, 2.05) is 4.57 Å². The highest BCUT2D eigenvalue weighted by Crippen LogP contribution is 2.27. The number of allylic oxidation sites excluding steroid dienone is 1. The Balaban J connectivity index is 1.94. The van der Waals surface area contributed by atoms with Crippen molar-refractivity contribution >= 4 is 23.0 Å². The van der Waals surface area contributed by atoms with Crippen molar-refractivity contribution in [3.05, 3.63) is 27.7 Å². The molecule has 6 nitrogen and oxygen atoms in total. The van der Waals surface area contributed by atoms with Crippen LogP contribution in [0.1, 0.15) is 58.8 Å². The topological polar surface area (TPSA) is 69.9 Å². The van der Waals surface area contributed by atoms with Gasteiger partial charge < -0.3 is 14.0 Å². The van der Waals surface area contributed by atoms with Gasteiger partial charge in [0.2, 0.25) is 0 Å². The number of thiazole rings is 1. The summed E-state index contributed by atoms with van der Waals surface area (Å²) in [5.74, 6) is -0.608. The van der Waals surface area contributed by atoms with Crippen LogP contribution in [0, 0.1) is 0 Å². The van der Waals surface area contributed by atoms with Gasteiger partial charge in [-0.3, -0.25) is 9.59 Å². The van der Waals surface area contributed by atoms with Crippen molar-refractivity contribution in [2.75, 3.05) is 6.61 Å². The summed E-state index contributed by atoms with van der Waals surface area (Å²) in [5.41, 5.74) is -0.732. The molecule has 0 aromatic carbocycles. The van der Waals surface area contributed by atoms with Crippen LogP contribution in [-0.4, -0.2) is 34.6 Å². The summed E-state index contributed by atoms with van der Waals surface area (Å²) >= 11 is 1.50. The van der Waals surface area contributed by atoms with Gasteiger partial charge in [-0.15, -0.1) is 11.3 Å². The standard InChI is InChI=1S/C20H28N2O4S/c1-19(2,3)16-12-22(11-14-7-6-8-25-14)18(27-16)21-17(24)15-9-13(23)10-20(4,5)26-15/h9,12,14H,6-8,10-11H2,1-5H3/b21-18-/t14-/m1/s1. The Morgan fingerprint density at radius 1 is 1.41 bits per heavy atom. The van der Waals surface area contributed by atoms with Crippen molar-refractivity contribution < 1.29 is 19.1 Å². The van der Waals surface area contributed by atoms with Crippen molar-refractivity contribution in [3.63, 3.8) is 0 Å². The number of aromatic nitrogens is 1. The number of hydrogen-bond acceptors (Lipinski definition) is 5. The smallest absolute Gasteiger partial charge is 0.314 e. The summed E-state index contributed by atoms with van der Waals surface area (Å²) in [6.45, 7) is 11.4. The van der Waals surface area contributed by atoms with E-state index in [0.717, 1.165) is 24.3 Å². The first-order chi connectivity index (χ1) is 12.5. The molecule has 3 heterocycles. The van der Waals surface area contributed by atoms with Gasteiger partial charge in [-0.1, -0.05) is 20.8 Å². The number of nitrogens with zero attached hydrogens (tertiary/aromatic N) is 2. The molecular weight excluding hydrogens is 364 g/mol. The van der Waals surface area contributed by atoms with Gasteiger partial charge in [0.1, 0.15) is 5.60 Å². The number of carbonyl (C=O) groups excluding carboxylic acids is 2. The SMILES string of the molecule is CC1(C)CC(=O)C=C(C(=O)/N=c2\sc(C(C)(C)C)cn2C[C@H]2CCCO2)O1. The van der Waals surface area contributed by atoms with Gasteiger partial charge in [0.15, 0.2) is 16.3 Å². The molecule has 0 bridgehead atoms. The molecule has 148 valence electrons. The average Bonchev–Trinajstić information content (AvgIpc) is 3.15. The van der Waals surface area contributed by atoms with Crippen molar-refractivity contribution in [1.82, 2.24) is 4.57 Å². The summed E-state index contributed by atoms with van der Waals surface area (Å²) in [6, 6.07) is 0. The van der Waals surface area contributed by atoms with E-state index in [4.69, 9.17) is 9.47 Å². The Hall–Kier alpha value is -1.73. The zero-order chi connectivity index (χ0) is 19.8. The van der Waals surface area contributed by atoms with E-state index in [9.17, 15) is 9.59 Å². The fraction of sp³-hybridized carbons (Fsp3) is 0.650. The predicted molar refractivity (Wildman–Crippen MR) is 103 cm³/mol. The maximum atomic E-state index is 12.7. The van der Waals surface area contributed by atoms with Gasteiger partial charge in [-0.05, 0) is 32.1 Å². The quantitative estimate of drug-likeness (QED) is 0.793. The van der Waals surface area contributed by atoms with Crippen LogP contribution in [0.4, 0.5) is 0 Å². The normalized spacial score (nSPS) is 23.3. The van der Waals surface area contributed by atoms with E-state index < -0.39 is 11.5 Å². The first-order valence-electron chi connectivity index (χ1n) is 9.38. The molecule has 1 amide bonds. The zero-order valence-electron chi connectivity index (χ0n) is 16.7. The maximum absolute atomic E-state index is 12.7. The fourth-order valence-electron chi connectivity index (χ4n) is 3.18. The van der Waals surface area contributed by atoms with Crippen LogP contribution < -0.4 is 4.80 Å². The maximum Gasteiger partial charge on any atom is 0.314 e. The Bertz CT molecular complexity index is 833. The molecule has 0 aliphatic carbocycles. The lowest BCUT2D eigenvalue weighted by molar-refractivity contribution is -0.129. The van der Waals surface area contributed by atoms with Gasteiger partial charge >= 0.3 is 5.91 Å². The van der Waals surface area contributed by atoms with Crippen LogP contribution >= 0.6 is 11.3 Å². The highest BCUT2D eigenvalue weighted by Gasteiger charge is 2.32. The molecule has 1 saturated heterocycles. The molecule has 0 spiro atoms. The van der Waals surface area contributed by atoms with E-state index in [1.54, 1.807) is 13.8 Å². The van der Waals surface area contributed by atoms with Crippen LogP contribution in [0.5, 0.6) is 0 Å². The van der Waals surface area contributed by atoms with E-state index in [1.165, 1.54) is 17.4 Å². The average molecular weight is 393 g/mol. The van der Waals surface area contributed by atoms with Crippen LogP contribution in [0.15, 0.2) is 23.0 Å². The fourth-order valence-corrected chi connectivity index (χ4v) is 4.24. The van der Waals surface area contributed by atoms with Gasteiger partial charge in [-0.2, -0.15) is 4.99 Å². The van der Waals surface area contributed by atoms with Gasteiger partial charge in [-0.25, -0.2) is 0 Å². The molecule has 2 aliphatic heterocycles. The Labute approximate surface area is 163 Å². The molecule has 7 heteroatoms. The van der Waals surface area contributed by atoms with Crippen molar-refractivity contribution in [3.8, 4) is 0 Å². The minimum absolute atomic E-state index is 0.0191. The molecule has 0 radical (unpaired) electrons. The van der Waals surface area contributed by atoms with Crippen molar-refractivity contribution in [1.29, 1.82) is 0 Å². The van der Waals surface area contributed by atoms with Crippen LogP contribution in [-0.2, 0) is 31.0 Å². The third-order valence-electron chi connectivity index (χ3n) is 4.57. The first-order valence-corrected chi connectivity index (χ1v) is 10.2. The summed E-state index contributed by atoms with van der Waals surface area (Å²) in [4.78, 5) is 30.7. The largest absolute Gasteiger partial charge is 0.481 e. The summed E-state index contributed by atoms with van der Waals surface area (Å²) in [7, 11) is 0. The molecule has 1 atom stereocenters. The molecule has 2 aliphatic rings. The van der Waals surface area contributed by atoms with Crippen molar-refractivity contribution in [2.24, 2.45) is 4.99 Å². The second kappa shape index (κ2) is 7.36. The number of hydrogen-bond donors (Lipinski definition) is 0. The zero-order valence-corrected chi connectivity index (χ0v) is 17.5. The second-order valence-corrected chi connectivity index (χ2v) is 9.85. The lowest BCUT2D eigenvalue weighted by atomic mass is 9.95. The molecular formula is C20H28N2O4S. The lowest BCUT2D eigenvalue weighted by Gasteiger charge is -2.28. The predicted octanol–water partition coefficient (Wildman–Crippen LogP) is 3.11. The lowest BCUT2D eigenvalue weighted by Crippen LogP contribution is -2.33. The third kappa shape index (κ3) is 4.96. The minimum atomic E-state index is -0.688. The number of ketones is 1. The summed E-state index contributed by atoms with van der Waals surface area (Å²) in [5, 5.41) is 0. The number of rotatable bonds is 3. The summed E-state index contributed by atoms with van der Waals surface area (Å²) in [6.07, 6.45) is 5.80. The number of carbonyl (C=O) groups is 2. The second-order valence-electron chi connectivity index (χ2n) is 8.85. The monoisotopic (exact) mass is 392 g/mol. The van der Waals surface area contributed by atoms with E-state index in [0.29, 0.717) is 11.3 Å². The Kier molecular flexibility index (Phi) is 5.45.